The Labute approximate surface area is 138 Å². The van der Waals surface area contributed by atoms with Crippen molar-refractivity contribution < 1.29 is 4.74 Å². The zero-order valence-corrected chi connectivity index (χ0v) is 14.7. The number of methoxy groups -OCH3 is 1. The van der Waals surface area contributed by atoms with Crippen LogP contribution in [0.4, 0.5) is 0 Å². The molecule has 0 saturated heterocycles. The molecule has 21 heavy (non-hydrogen) atoms. The number of aromatic nitrogens is 2. The van der Waals surface area contributed by atoms with Crippen LogP contribution in [0.1, 0.15) is 37.4 Å². The lowest BCUT2D eigenvalue weighted by Crippen LogP contribution is -2.16. The van der Waals surface area contributed by atoms with Gasteiger partial charge in [0, 0.05) is 24.7 Å². The molecule has 3 rings (SSSR count). The van der Waals surface area contributed by atoms with Crippen LogP contribution in [-0.4, -0.2) is 23.3 Å². The Bertz CT molecular complexity index is 649. The molecular weight excluding hydrogens is 352 g/mol. The Hall–Kier alpha value is -0.580. The summed E-state index contributed by atoms with van der Waals surface area (Å²) in [5.74, 6) is 0.966. The van der Waals surface area contributed by atoms with E-state index in [1.54, 1.807) is 7.11 Å². The first-order valence-electron chi connectivity index (χ1n) is 7.33. The van der Waals surface area contributed by atoms with Crippen molar-refractivity contribution in [3.63, 3.8) is 0 Å². The van der Waals surface area contributed by atoms with E-state index in [1.807, 2.05) is 6.92 Å². The SMILES string of the molecule is COCCC1(Cn2c(C(C)Cl)nc3cc(Br)ccc32)CC1. The molecule has 1 saturated carbocycles. The normalized spacial score (nSPS) is 18.1. The van der Waals surface area contributed by atoms with E-state index in [2.05, 4.69) is 38.7 Å². The fourth-order valence-corrected chi connectivity index (χ4v) is 3.42. The highest BCUT2D eigenvalue weighted by atomic mass is 79.9. The molecule has 1 unspecified atom stereocenters. The lowest BCUT2D eigenvalue weighted by atomic mass is 10.0. The standard InChI is InChI=1S/C16H20BrClN2O/c1-11(18)15-19-13-9-12(17)3-4-14(13)20(15)10-16(5-6-16)7-8-21-2/h3-4,9,11H,5-8,10H2,1-2H3. The van der Waals surface area contributed by atoms with Crippen LogP contribution in [0, 0.1) is 5.41 Å². The van der Waals surface area contributed by atoms with Gasteiger partial charge in [-0.15, -0.1) is 11.6 Å². The van der Waals surface area contributed by atoms with Crippen molar-refractivity contribution in [1.82, 2.24) is 9.55 Å². The van der Waals surface area contributed by atoms with E-state index < -0.39 is 0 Å². The minimum Gasteiger partial charge on any atom is -0.385 e. The van der Waals surface area contributed by atoms with Crippen molar-refractivity contribution in [2.75, 3.05) is 13.7 Å². The monoisotopic (exact) mass is 370 g/mol. The van der Waals surface area contributed by atoms with E-state index in [0.717, 1.165) is 35.4 Å². The second-order valence-electron chi connectivity index (χ2n) is 6.05. The molecule has 0 spiro atoms. The predicted molar refractivity (Wildman–Crippen MR) is 89.9 cm³/mol. The van der Waals surface area contributed by atoms with Gasteiger partial charge in [0.2, 0.25) is 0 Å². The number of fused-ring (bicyclic) bond motifs is 1. The summed E-state index contributed by atoms with van der Waals surface area (Å²) < 4.78 is 8.62. The highest BCUT2D eigenvalue weighted by Gasteiger charge is 2.43. The number of hydrogen-bond donors (Lipinski definition) is 0. The van der Waals surface area contributed by atoms with Crippen molar-refractivity contribution in [3.8, 4) is 0 Å². The fourth-order valence-electron chi connectivity index (χ4n) is 2.91. The van der Waals surface area contributed by atoms with Crippen molar-refractivity contribution in [1.29, 1.82) is 0 Å². The summed E-state index contributed by atoms with van der Waals surface area (Å²) in [6.45, 7) is 3.80. The number of ether oxygens (including phenoxy) is 1. The number of halogens is 2. The molecule has 1 aliphatic carbocycles. The largest absolute Gasteiger partial charge is 0.385 e. The van der Waals surface area contributed by atoms with Crippen molar-refractivity contribution in [2.45, 2.75) is 38.1 Å². The molecule has 1 atom stereocenters. The Morgan fingerprint density at radius 1 is 1.48 bits per heavy atom. The van der Waals surface area contributed by atoms with Gasteiger partial charge in [0.15, 0.2) is 0 Å². The second kappa shape index (κ2) is 5.90. The summed E-state index contributed by atoms with van der Waals surface area (Å²) in [6.07, 6.45) is 3.64. The van der Waals surface area contributed by atoms with Crippen LogP contribution in [0.15, 0.2) is 22.7 Å². The molecule has 0 radical (unpaired) electrons. The van der Waals surface area contributed by atoms with E-state index in [1.165, 1.54) is 18.4 Å². The van der Waals surface area contributed by atoms with Crippen molar-refractivity contribution in [2.24, 2.45) is 5.41 Å². The highest BCUT2D eigenvalue weighted by Crippen LogP contribution is 2.51. The molecule has 0 bridgehead atoms. The zero-order valence-electron chi connectivity index (χ0n) is 12.4. The summed E-state index contributed by atoms with van der Waals surface area (Å²) >= 11 is 9.87. The molecule has 0 amide bonds. The van der Waals surface area contributed by atoms with Crippen LogP contribution in [0.3, 0.4) is 0 Å². The molecule has 114 valence electrons. The molecular formula is C16H20BrClN2O. The Morgan fingerprint density at radius 3 is 2.86 bits per heavy atom. The summed E-state index contributed by atoms with van der Waals surface area (Å²) in [5.41, 5.74) is 2.55. The van der Waals surface area contributed by atoms with Gasteiger partial charge < -0.3 is 9.30 Å². The van der Waals surface area contributed by atoms with Gasteiger partial charge in [-0.1, -0.05) is 15.9 Å². The Morgan fingerprint density at radius 2 is 2.24 bits per heavy atom. The molecule has 2 aromatic rings. The smallest absolute Gasteiger partial charge is 0.127 e. The Kier molecular flexibility index (Phi) is 4.30. The summed E-state index contributed by atoms with van der Waals surface area (Å²) in [4.78, 5) is 4.74. The first-order valence-corrected chi connectivity index (χ1v) is 8.56. The van der Waals surface area contributed by atoms with Gasteiger partial charge in [0.1, 0.15) is 5.82 Å². The van der Waals surface area contributed by atoms with Gasteiger partial charge in [-0.25, -0.2) is 4.98 Å². The van der Waals surface area contributed by atoms with E-state index in [-0.39, 0.29) is 5.38 Å². The lowest BCUT2D eigenvalue weighted by molar-refractivity contribution is 0.167. The molecule has 1 heterocycles. The third-order valence-corrected chi connectivity index (χ3v) is 5.07. The highest BCUT2D eigenvalue weighted by molar-refractivity contribution is 9.10. The number of imidazole rings is 1. The lowest BCUT2D eigenvalue weighted by Gasteiger charge is -2.18. The molecule has 5 heteroatoms. The molecule has 1 aromatic carbocycles. The van der Waals surface area contributed by atoms with Crippen LogP contribution in [-0.2, 0) is 11.3 Å². The van der Waals surface area contributed by atoms with Gasteiger partial charge in [-0.3, -0.25) is 0 Å². The van der Waals surface area contributed by atoms with Crippen molar-refractivity contribution in [3.05, 3.63) is 28.5 Å². The summed E-state index contributed by atoms with van der Waals surface area (Å²) in [6, 6.07) is 6.25. The summed E-state index contributed by atoms with van der Waals surface area (Å²) in [5, 5.41) is -0.0885. The predicted octanol–water partition coefficient (Wildman–Crippen LogP) is 4.92. The maximum atomic E-state index is 6.35. The third-order valence-electron chi connectivity index (χ3n) is 4.38. The Balaban J connectivity index is 1.98. The first kappa shape index (κ1) is 15.3. The zero-order chi connectivity index (χ0) is 15.0. The van der Waals surface area contributed by atoms with Crippen LogP contribution in [0.5, 0.6) is 0 Å². The molecule has 1 aromatic heterocycles. The fraction of sp³-hybridized carbons (Fsp3) is 0.562. The van der Waals surface area contributed by atoms with Gasteiger partial charge in [0.25, 0.3) is 0 Å². The quantitative estimate of drug-likeness (QED) is 0.674. The van der Waals surface area contributed by atoms with E-state index in [0.29, 0.717) is 5.41 Å². The molecule has 1 fully saturated rings. The minimum absolute atomic E-state index is 0.0885. The second-order valence-corrected chi connectivity index (χ2v) is 7.62. The van der Waals surface area contributed by atoms with E-state index >= 15 is 0 Å². The minimum atomic E-state index is -0.0885. The van der Waals surface area contributed by atoms with Crippen LogP contribution >= 0.6 is 27.5 Å². The first-order chi connectivity index (χ1) is 10.0. The molecule has 0 aliphatic heterocycles. The van der Waals surface area contributed by atoms with Crippen LogP contribution < -0.4 is 0 Å². The van der Waals surface area contributed by atoms with E-state index in [9.17, 15) is 0 Å². The molecule has 1 aliphatic rings. The third kappa shape index (κ3) is 3.13. The topological polar surface area (TPSA) is 27.1 Å². The molecule has 0 N–H and O–H groups in total. The average Bonchev–Trinajstić information content (AvgIpc) is 3.12. The van der Waals surface area contributed by atoms with Gasteiger partial charge in [-0.2, -0.15) is 0 Å². The van der Waals surface area contributed by atoms with Gasteiger partial charge in [0.05, 0.1) is 16.4 Å². The van der Waals surface area contributed by atoms with Gasteiger partial charge in [-0.05, 0) is 49.8 Å². The summed E-state index contributed by atoms with van der Waals surface area (Å²) in [7, 11) is 1.77. The van der Waals surface area contributed by atoms with Gasteiger partial charge >= 0.3 is 0 Å². The average molecular weight is 372 g/mol. The number of nitrogens with zero attached hydrogens (tertiary/aromatic N) is 2. The van der Waals surface area contributed by atoms with Crippen LogP contribution in [0.25, 0.3) is 11.0 Å². The maximum absolute atomic E-state index is 6.35. The van der Waals surface area contributed by atoms with Crippen LogP contribution in [0.2, 0.25) is 0 Å². The number of rotatable bonds is 6. The van der Waals surface area contributed by atoms with Crippen molar-refractivity contribution >= 4 is 38.6 Å². The van der Waals surface area contributed by atoms with E-state index in [4.69, 9.17) is 21.3 Å². The maximum Gasteiger partial charge on any atom is 0.127 e. The number of alkyl halides is 1. The number of hydrogen-bond acceptors (Lipinski definition) is 2. The number of benzene rings is 1. The molecule has 3 nitrogen and oxygen atoms in total.